The summed E-state index contributed by atoms with van der Waals surface area (Å²) in [6.07, 6.45) is 68.1. The summed E-state index contributed by atoms with van der Waals surface area (Å²) >= 11 is 0. The smallest absolute Gasteiger partial charge is 2.00 e. The first-order chi connectivity index (χ1) is 50.2. The van der Waals surface area contributed by atoms with Crippen LogP contribution in [0.1, 0.15) is 467 Å². The van der Waals surface area contributed by atoms with E-state index in [1.165, 1.54) is 462 Å². The quantitative estimate of drug-likeness (QED) is 0.0236. The maximum atomic E-state index is 10.2. The molecule has 0 radical (unpaired) electrons. The molecule has 0 bridgehead atoms. The first-order valence-corrected chi connectivity index (χ1v) is 52.1. The summed E-state index contributed by atoms with van der Waals surface area (Å²) in [5.74, 6) is 0. The molecule has 0 atom stereocenters. The van der Waals surface area contributed by atoms with Crippen LogP contribution in [0.25, 0.3) is 0 Å². The number of hydrogen-bond donors (Lipinski definition) is 0. The minimum absolute atomic E-state index is 0. The normalized spacial score (nSPS) is 9.42. The van der Waals surface area contributed by atoms with E-state index in [0.29, 0.717) is 0 Å². The number of nitrogens with zero attached hydrogens (tertiary/aromatic N) is 3. The van der Waals surface area contributed by atoms with Crippen LogP contribution in [0.3, 0.4) is 0 Å². The van der Waals surface area contributed by atoms with E-state index < -0.39 is 55.5 Å². The van der Waals surface area contributed by atoms with Crippen molar-refractivity contribution >= 4 is 34.2 Å². The second-order valence-corrected chi connectivity index (χ2v) is 44.1. The average Bonchev–Trinajstić information content (AvgIpc) is 0.855. The predicted molar refractivity (Wildman–Crippen MR) is 465 cm³/mol. The third kappa shape index (κ3) is 224. The SMILES string of the molecule is CC(C)(C)[Si]([O-])([O-])[O-].CC(C)(C)[Si]([O-])([O-])[O-].CC(C)(C)[Si]([O-])([O-])[O-].CC(C)[O-].CCCCCC[N+](CCCCCC)(CCCCCC)CCCCCC.CCCCCC[N+](CCCCCC)(CCCCCC)CCCCCC.CCCCCC[N+](CCCCCC)(CCCCCC)CCCCCC.O=P([O-])([O-])[O-].[O-2].[O-2].[O-2].[O-2].[O-2].[O-2].[O-2].[O-2].[O-2].[O-2].[O-2].[O-2].[O-2].[O-2].[O-2].[O-2].[O-2].[O-2].[O-2].[O-2].[O-2].[O-2].[O-2].[O-2].[Ti+4].[W].[W].[W].[W].[W].[W].[W].[W].[W]. The zero-order valence-corrected chi connectivity index (χ0v) is 122. The summed E-state index contributed by atoms with van der Waals surface area (Å²) in [6, 6.07) is 0. The molecule has 0 heterocycles. The van der Waals surface area contributed by atoms with Gasteiger partial charge in [0.2, 0.25) is 0 Å². The Balaban J connectivity index is -0.0000000206. The van der Waals surface area contributed by atoms with Gasteiger partial charge in [-0.2, -0.15) is 7.82 Å². The average molecular weight is 3700 g/mol. The van der Waals surface area contributed by atoms with E-state index in [9.17, 15) is 48.3 Å². The van der Waals surface area contributed by atoms with Gasteiger partial charge >= 0.3 is 21.7 Å². The molecule has 0 aliphatic rings. The Kier molecular flexibility index (Phi) is 378. The molecule has 0 spiro atoms. The van der Waals surface area contributed by atoms with E-state index in [-0.39, 0.29) is 343 Å². The molecule has 41 nitrogen and oxygen atoms in total. The molecule has 0 aromatic heterocycles. The molecule has 0 aliphatic heterocycles. The van der Waals surface area contributed by atoms with Gasteiger partial charge in [0.1, 0.15) is 0 Å². The second-order valence-electron chi connectivity index (χ2n) is 35.4. The van der Waals surface area contributed by atoms with Crippen molar-refractivity contribution in [3.63, 3.8) is 0 Å². The van der Waals surface area contributed by atoms with Gasteiger partial charge in [0.05, 0.1) is 78.5 Å². The summed E-state index contributed by atoms with van der Waals surface area (Å²) in [5, 5.41) is 6.26. The summed E-state index contributed by atoms with van der Waals surface area (Å²) < 4.78 is 12.9. The van der Waals surface area contributed by atoms with Gasteiger partial charge in [-0.25, -0.2) is 0 Å². The summed E-state index contributed by atoms with van der Waals surface area (Å²) in [5.41, 5.74) is 0. The van der Waals surface area contributed by atoms with Gasteiger partial charge < -0.3 is 212 Å². The van der Waals surface area contributed by atoms with E-state index >= 15 is 0 Å². The first kappa shape index (κ1) is 285. The van der Waals surface area contributed by atoms with Crippen molar-refractivity contribution in [2.75, 3.05) is 78.5 Å². The monoisotopic (exact) mass is 3700 g/mol. The molecule has 142 heavy (non-hydrogen) atoms. The Morgan fingerprint density at radius 3 is 0.275 bits per heavy atom. The Hall–Kier alpha value is 6.19. The first-order valence-electron chi connectivity index (χ1n) is 45.5. The van der Waals surface area contributed by atoms with Crippen LogP contribution in [0.15, 0.2) is 0 Å². The van der Waals surface area contributed by atoms with E-state index in [2.05, 4.69) is 83.1 Å². The van der Waals surface area contributed by atoms with Crippen LogP contribution in [0.2, 0.25) is 15.1 Å². The molecular weight excluding hydrogens is 3510 g/mol. The molecule has 55 heteroatoms. The maximum Gasteiger partial charge on any atom is 4.00 e. The van der Waals surface area contributed by atoms with Crippen LogP contribution in [-0.4, -0.2) is 125 Å². The van der Waals surface area contributed by atoms with E-state index in [1.807, 2.05) is 0 Å². The molecule has 910 valence electrons. The molecule has 0 aliphatic carbocycles. The fourth-order valence-electron chi connectivity index (χ4n) is 12.5. The van der Waals surface area contributed by atoms with Crippen molar-refractivity contribution in [3.8, 4) is 0 Å². The zero-order valence-electron chi connectivity index (χ0n) is 90.5. The van der Waals surface area contributed by atoms with Crippen LogP contribution in [0.5, 0.6) is 0 Å². The van der Waals surface area contributed by atoms with Crippen molar-refractivity contribution in [1.29, 1.82) is 0 Å². The molecule has 0 aromatic carbocycles. The molecule has 0 saturated heterocycles. The Bertz CT molecular complexity index is 1530. The summed E-state index contributed by atoms with van der Waals surface area (Å²) in [6.45, 7) is 61.4. The van der Waals surface area contributed by atoms with Gasteiger partial charge in [-0.3, -0.25) is 26.4 Å². The summed E-state index contributed by atoms with van der Waals surface area (Å²) in [7, 11) is -19.2. The number of hydrogen-bond acceptors (Lipinski definition) is 14. The number of phosphoric acid groups is 1. The van der Waals surface area contributed by atoms with Crippen LogP contribution in [0, 0.1) is 0 Å². The van der Waals surface area contributed by atoms with Gasteiger partial charge in [-0.1, -0.05) is 328 Å². The van der Waals surface area contributed by atoms with Crippen LogP contribution in [-0.2, 0) is 347 Å². The van der Waals surface area contributed by atoms with E-state index in [4.69, 9.17) is 19.2 Å². The molecule has 0 unspecified atom stereocenters. The van der Waals surface area contributed by atoms with E-state index in [0.717, 1.165) is 0 Å². The predicted octanol–water partition coefficient (Wildman–Crippen LogP) is 11.8. The Morgan fingerprint density at radius 2 is 0.239 bits per heavy atom. The van der Waals surface area contributed by atoms with Gasteiger partial charge in [-0.15, -0.1) is 6.10 Å². The molecule has 0 N–H and O–H groups in total. The van der Waals surface area contributed by atoms with E-state index in [1.54, 1.807) is 13.8 Å². The molecule has 0 aromatic rings. The fourth-order valence-corrected chi connectivity index (χ4v) is 12.5. The molecule has 0 saturated carbocycles. The third-order valence-corrected chi connectivity index (χ3v) is 26.1. The van der Waals surface area contributed by atoms with Crippen LogP contribution >= 0.6 is 7.82 Å². The Labute approximate surface area is 1010 Å². The minimum Gasteiger partial charge on any atom is -2.00 e. The van der Waals surface area contributed by atoms with Gasteiger partial charge in [0.25, 0.3) is 0 Å². The van der Waals surface area contributed by atoms with Crippen molar-refractivity contribution in [2.45, 2.75) is 489 Å². The topological polar surface area (TPSA) is 1000 Å². The standard InChI is InChI=1S/3C24H52N.3C4H9O3Si.C3H7O.H3O4P.24O.Ti.9W/c3*1-5-9-13-17-21-25(22-18-14-10-6-2,23-19-15-11-7-3)24-20-16-12-8-4;3*1-4(2,3)8(5,6)7;1-3(2)4;1-5(2,3)4;;;;;;;;;;;;;;;;;;;;;;;;;;;;;;;;;;/h3*5-24H2,1-4H3;3*1-3H3;3H,1-2H3;(H3,1,2,3,4);;;;;;;;;;;;;;;;;;;;;;;;;;;;;;;;;;/q3*+1;3*-3;-1;;24*-2;+4;;;;;;;;;/p-3. The molecule has 0 rings (SSSR count). The van der Waals surface area contributed by atoms with Crippen molar-refractivity contribution in [3.05, 3.63) is 0 Å². The Morgan fingerprint density at radius 1 is 0.190 bits per heavy atom. The van der Waals surface area contributed by atoms with Crippen LogP contribution < -0.4 is 62.9 Å². The van der Waals surface area contributed by atoms with Crippen molar-refractivity contribution in [2.24, 2.45) is 0 Å². The van der Waals surface area contributed by atoms with Gasteiger partial charge in [-0.05, 0) is 154 Å². The zero-order chi connectivity index (χ0) is 85.0. The minimum atomic E-state index is -5.39. The summed E-state index contributed by atoms with van der Waals surface area (Å²) in [4.78, 5) is 117. The van der Waals surface area contributed by atoms with Crippen molar-refractivity contribution < 1.29 is 424 Å². The molecular formula is C87H190N3O38PSi3TiW9-54. The third-order valence-electron chi connectivity index (χ3n) is 20.6. The number of rotatable bonds is 60. The number of unbranched alkanes of at least 4 members (excludes halogenated alkanes) is 36. The number of quaternary nitrogens is 3. The van der Waals surface area contributed by atoms with Gasteiger partial charge in [0.15, 0.2) is 0 Å². The second kappa shape index (κ2) is 188. The van der Waals surface area contributed by atoms with Crippen molar-refractivity contribution in [1.82, 2.24) is 0 Å². The molecule has 0 fully saturated rings. The van der Waals surface area contributed by atoms with Gasteiger partial charge in [0, 0.05) is 190 Å². The largest absolute Gasteiger partial charge is 4.00 e. The van der Waals surface area contributed by atoms with Crippen LogP contribution in [0.4, 0.5) is 0 Å². The molecule has 0 amide bonds. The maximum absolute atomic E-state index is 10.2. The fraction of sp³-hybridized carbons (Fsp3) is 1.00.